The van der Waals surface area contributed by atoms with Crippen molar-refractivity contribution in [2.24, 2.45) is 5.92 Å². The van der Waals surface area contributed by atoms with E-state index in [-0.39, 0.29) is 5.91 Å². The summed E-state index contributed by atoms with van der Waals surface area (Å²) in [4.78, 5) is 57.0. The topological polar surface area (TPSA) is 224 Å². The summed E-state index contributed by atoms with van der Waals surface area (Å²) in [6.07, 6.45) is -6.29. The molecule has 1 aromatic carbocycles. The molecule has 0 aliphatic carbocycles. The third-order valence-corrected chi connectivity index (χ3v) is 8.71. The second kappa shape index (κ2) is 21.5. The largest absolute Gasteiger partial charge is 0.490 e. The number of aryl methyl sites for hydroxylation is 3. The van der Waals surface area contributed by atoms with Crippen LogP contribution in [0.15, 0.2) is 53.4 Å². The molecule has 6 rings (SSSR count). The molecular formula is C36H36ClF9N8O8. The maximum absolute atomic E-state index is 12.7. The molecule has 16 nitrogen and oxygen atoms in total. The SMILES string of the molecule is Cc1cc(C(=O)N2CCC(CN(C)Cc3ccc4cc3CCc3cncc(c3)Nc3ncc(Cl)c(n3)N4)CC2)no1.O=C(O)C(F)(F)F.O=C(O)C(F)(F)F.O=C(O)C(F)(F)F. The van der Waals surface area contributed by atoms with E-state index in [4.69, 9.17) is 45.8 Å². The van der Waals surface area contributed by atoms with Crippen molar-refractivity contribution >= 4 is 58.6 Å². The van der Waals surface area contributed by atoms with Crippen LogP contribution in [-0.2, 0) is 33.8 Å². The highest BCUT2D eigenvalue weighted by Crippen LogP contribution is 2.29. The number of aromatic nitrogens is 4. The van der Waals surface area contributed by atoms with Gasteiger partial charge in [-0.2, -0.15) is 44.5 Å². The summed E-state index contributed by atoms with van der Waals surface area (Å²) in [5, 5.41) is 32.3. The van der Waals surface area contributed by atoms with E-state index in [0.717, 1.165) is 68.8 Å². The molecule has 1 fully saturated rings. The number of carboxylic acid groups (broad SMARTS) is 3. The minimum Gasteiger partial charge on any atom is -0.475 e. The van der Waals surface area contributed by atoms with Crippen LogP contribution in [0, 0.1) is 12.8 Å². The average Bonchev–Trinajstić information content (AvgIpc) is 3.61. The van der Waals surface area contributed by atoms with E-state index in [1.807, 2.05) is 11.1 Å². The Morgan fingerprint density at radius 2 is 1.42 bits per heavy atom. The number of rotatable bonds is 5. The van der Waals surface area contributed by atoms with Gasteiger partial charge in [0.1, 0.15) is 10.8 Å². The number of nitrogens with one attached hydrogen (secondary N) is 2. The number of anilines is 4. The van der Waals surface area contributed by atoms with Crippen LogP contribution in [-0.4, -0.2) is 114 Å². The lowest BCUT2D eigenvalue weighted by atomic mass is 9.95. The molecule has 0 atom stereocenters. The quantitative estimate of drug-likeness (QED) is 0.124. The zero-order valence-electron chi connectivity index (χ0n) is 32.2. The molecule has 5 heterocycles. The zero-order chi connectivity index (χ0) is 46.6. The summed E-state index contributed by atoms with van der Waals surface area (Å²) in [6, 6.07) is 10.3. The molecule has 0 spiro atoms. The molecule has 0 unspecified atom stereocenters. The Kier molecular flexibility index (Phi) is 17.4. The van der Waals surface area contributed by atoms with Gasteiger partial charge in [-0.25, -0.2) is 19.4 Å². The minimum atomic E-state index is -5.08. The minimum absolute atomic E-state index is 0.0432. The van der Waals surface area contributed by atoms with Crippen LogP contribution in [0.25, 0.3) is 0 Å². The number of aliphatic carboxylic acids is 3. The van der Waals surface area contributed by atoms with Crippen LogP contribution >= 0.6 is 11.6 Å². The Bertz CT molecular complexity index is 2120. The number of hydrogen-bond acceptors (Lipinski definition) is 12. The van der Waals surface area contributed by atoms with E-state index in [1.165, 1.54) is 11.1 Å². The van der Waals surface area contributed by atoms with E-state index in [9.17, 15) is 44.3 Å². The molecule has 6 bridgehead atoms. The lowest BCUT2D eigenvalue weighted by Crippen LogP contribution is -2.41. The third-order valence-electron chi connectivity index (χ3n) is 8.43. The monoisotopic (exact) mass is 914 g/mol. The van der Waals surface area contributed by atoms with Crippen molar-refractivity contribution in [1.82, 2.24) is 29.9 Å². The Hall–Kier alpha value is -6.24. The predicted octanol–water partition coefficient (Wildman–Crippen LogP) is 7.29. The Morgan fingerprint density at radius 1 is 0.839 bits per heavy atom. The van der Waals surface area contributed by atoms with E-state index in [0.29, 0.717) is 34.2 Å². The highest BCUT2D eigenvalue weighted by molar-refractivity contribution is 6.32. The number of likely N-dealkylation sites (tertiary alicyclic amines) is 1. The van der Waals surface area contributed by atoms with Gasteiger partial charge >= 0.3 is 36.4 Å². The number of fused-ring (bicyclic) bond motifs is 6. The lowest BCUT2D eigenvalue weighted by Gasteiger charge is -2.33. The van der Waals surface area contributed by atoms with Crippen molar-refractivity contribution in [3.05, 3.63) is 82.1 Å². The number of benzene rings is 1. The van der Waals surface area contributed by atoms with Gasteiger partial charge < -0.3 is 40.3 Å². The smallest absolute Gasteiger partial charge is 0.475 e. The molecule has 1 amide bonds. The van der Waals surface area contributed by atoms with Crippen LogP contribution in [0.4, 0.5) is 62.7 Å². The summed E-state index contributed by atoms with van der Waals surface area (Å²) < 4.78 is 100. The van der Waals surface area contributed by atoms with Gasteiger partial charge in [-0.05, 0) is 80.5 Å². The number of nitrogens with zero attached hydrogens (tertiary/aromatic N) is 6. The molecule has 26 heteroatoms. The second-order valence-corrected chi connectivity index (χ2v) is 13.8. The zero-order valence-corrected chi connectivity index (χ0v) is 33.0. The van der Waals surface area contributed by atoms with Gasteiger partial charge in [0.15, 0.2) is 11.5 Å². The normalized spacial score (nSPS) is 14.0. The number of carbonyl (C=O) groups excluding carboxylic acids is 1. The Labute approximate surface area is 349 Å². The van der Waals surface area contributed by atoms with Crippen molar-refractivity contribution in [2.45, 2.75) is 57.7 Å². The number of hydrogen-bond donors (Lipinski definition) is 5. The van der Waals surface area contributed by atoms with Crippen LogP contribution < -0.4 is 10.6 Å². The van der Waals surface area contributed by atoms with Gasteiger partial charge in [-0.3, -0.25) is 9.78 Å². The number of carboxylic acids is 3. The van der Waals surface area contributed by atoms with Crippen LogP contribution in [0.5, 0.6) is 0 Å². The fraction of sp³-hybridized carbons (Fsp3) is 0.389. The summed E-state index contributed by atoms with van der Waals surface area (Å²) in [5.41, 5.74) is 5.87. The molecular weight excluding hydrogens is 879 g/mol. The van der Waals surface area contributed by atoms with Gasteiger partial charge in [-0.15, -0.1) is 0 Å². The molecule has 2 aliphatic rings. The Morgan fingerprint density at radius 3 is 1.95 bits per heavy atom. The Balaban J connectivity index is 0.000000403. The molecule has 3 aromatic heterocycles. The van der Waals surface area contributed by atoms with Crippen molar-refractivity contribution in [1.29, 1.82) is 0 Å². The van der Waals surface area contributed by atoms with Gasteiger partial charge in [0.25, 0.3) is 5.91 Å². The summed E-state index contributed by atoms with van der Waals surface area (Å²) in [6.45, 7) is 5.09. The maximum atomic E-state index is 12.7. The van der Waals surface area contributed by atoms with Crippen molar-refractivity contribution in [3.8, 4) is 0 Å². The highest BCUT2D eigenvalue weighted by Gasteiger charge is 2.39. The molecule has 0 radical (unpaired) electrons. The number of piperidine rings is 1. The van der Waals surface area contributed by atoms with E-state index >= 15 is 0 Å². The van der Waals surface area contributed by atoms with Crippen molar-refractivity contribution in [3.63, 3.8) is 0 Å². The molecule has 62 heavy (non-hydrogen) atoms. The van der Waals surface area contributed by atoms with Crippen molar-refractivity contribution < 1.29 is 78.5 Å². The number of halogens is 10. The van der Waals surface area contributed by atoms with Crippen LogP contribution in [0.3, 0.4) is 0 Å². The standard InChI is InChI=1S/C30H33ClN8O2.3C2HF3O2/c1-19-11-27(37-41-19)29(40)39-9-7-20(8-10-39)17-38(2)18-23-5-6-24-13-22(23)4-3-21-12-25(15-32-14-21)35-30-33-16-26(31)28(34-24)36-30;3*3-2(4,5)1(6)7/h5-6,11-16,20H,3-4,7-10,17-18H2,1-2H3,(H2,33,34,35,36);3*(H,6,7). The molecule has 0 saturated carbocycles. The molecule has 5 N–H and O–H groups in total. The third kappa shape index (κ3) is 16.3. The van der Waals surface area contributed by atoms with Gasteiger partial charge in [0, 0.05) is 44.1 Å². The van der Waals surface area contributed by atoms with Gasteiger partial charge in [-0.1, -0.05) is 22.8 Å². The van der Waals surface area contributed by atoms with Gasteiger partial charge in [0.05, 0.1) is 18.1 Å². The molecule has 338 valence electrons. The van der Waals surface area contributed by atoms with Crippen LogP contribution in [0.2, 0.25) is 5.02 Å². The maximum Gasteiger partial charge on any atom is 0.490 e. The molecule has 4 aromatic rings. The first-order valence-electron chi connectivity index (χ1n) is 17.7. The fourth-order valence-corrected chi connectivity index (χ4v) is 5.73. The number of carbonyl (C=O) groups is 4. The number of pyridine rings is 1. The fourth-order valence-electron chi connectivity index (χ4n) is 5.59. The van der Waals surface area contributed by atoms with E-state index in [1.54, 1.807) is 25.4 Å². The first kappa shape index (κ1) is 50.1. The van der Waals surface area contributed by atoms with Crippen molar-refractivity contribution in [2.75, 3.05) is 37.3 Å². The number of amides is 1. The summed E-state index contributed by atoms with van der Waals surface area (Å²) in [7, 11) is 2.18. The molecule has 1 saturated heterocycles. The predicted molar refractivity (Wildman–Crippen MR) is 199 cm³/mol. The first-order chi connectivity index (χ1) is 28.7. The lowest BCUT2D eigenvalue weighted by molar-refractivity contribution is -0.193. The average molecular weight is 915 g/mol. The highest BCUT2D eigenvalue weighted by atomic mass is 35.5. The van der Waals surface area contributed by atoms with E-state index < -0.39 is 36.4 Å². The summed E-state index contributed by atoms with van der Waals surface area (Å²) in [5.74, 6) is -6.12. The number of alkyl halides is 9. The second-order valence-electron chi connectivity index (χ2n) is 13.4. The molecule has 2 aliphatic heterocycles. The van der Waals surface area contributed by atoms with E-state index in [2.05, 4.69) is 67.0 Å². The van der Waals surface area contributed by atoms with Crippen LogP contribution in [0.1, 0.15) is 45.8 Å². The first-order valence-corrected chi connectivity index (χ1v) is 18.0. The van der Waals surface area contributed by atoms with Gasteiger partial charge in [0.2, 0.25) is 5.95 Å². The summed E-state index contributed by atoms with van der Waals surface area (Å²) >= 11 is 6.42.